The lowest BCUT2D eigenvalue weighted by atomic mass is 10.0. The molecule has 2 aromatic heterocycles. The molecule has 7 heteroatoms. The quantitative estimate of drug-likeness (QED) is 0.727. The van der Waals surface area contributed by atoms with Crippen LogP contribution >= 0.6 is 0 Å². The Labute approximate surface area is 175 Å². The molecule has 0 saturated carbocycles. The zero-order valence-corrected chi connectivity index (χ0v) is 16.8. The maximum atomic E-state index is 12.4. The molecule has 0 bridgehead atoms. The molecule has 0 radical (unpaired) electrons. The number of rotatable bonds is 3. The summed E-state index contributed by atoms with van der Waals surface area (Å²) in [7, 11) is 0. The molecular formula is C23H24N6O. The van der Waals surface area contributed by atoms with Crippen LogP contribution in [0.2, 0.25) is 0 Å². The smallest absolute Gasteiger partial charge is 0.258 e. The van der Waals surface area contributed by atoms with Crippen molar-refractivity contribution in [2.75, 3.05) is 31.1 Å². The number of H-pyrrole nitrogens is 1. The number of hydrogen-bond donors (Lipinski definition) is 1. The summed E-state index contributed by atoms with van der Waals surface area (Å²) in [6, 6.07) is 14.0. The predicted octanol–water partition coefficient (Wildman–Crippen LogP) is 2.65. The molecule has 7 nitrogen and oxygen atoms in total. The van der Waals surface area contributed by atoms with Gasteiger partial charge in [-0.3, -0.25) is 9.69 Å². The average molecular weight is 400 g/mol. The van der Waals surface area contributed by atoms with Crippen molar-refractivity contribution < 1.29 is 0 Å². The fourth-order valence-electron chi connectivity index (χ4n) is 4.74. The fraction of sp³-hybridized carbons (Fsp3) is 0.391. The minimum Gasteiger partial charge on any atom is -0.357 e. The van der Waals surface area contributed by atoms with E-state index in [9.17, 15) is 4.79 Å². The van der Waals surface area contributed by atoms with Crippen molar-refractivity contribution in [1.82, 2.24) is 19.9 Å². The number of benzene rings is 1. The molecule has 152 valence electrons. The molecular weight excluding hydrogens is 376 g/mol. The van der Waals surface area contributed by atoms with E-state index in [1.54, 1.807) is 6.20 Å². The minimum atomic E-state index is -0.0442. The monoisotopic (exact) mass is 400 g/mol. The Morgan fingerprint density at radius 3 is 2.67 bits per heavy atom. The number of nitriles is 1. The van der Waals surface area contributed by atoms with Gasteiger partial charge < -0.3 is 9.88 Å². The zero-order valence-electron chi connectivity index (χ0n) is 16.8. The van der Waals surface area contributed by atoms with Crippen molar-refractivity contribution in [3.63, 3.8) is 0 Å². The maximum absolute atomic E-state index is 12.4. The molecule has 5 rings (SSSR count). The third-order valence-electron chi connectivity index (χ3n) is 6.42. The molecule has 1 unspecified atom stereocenters. The molecule has 2 aliphatic rings. The summed E-state index contributed by atoms with van der Waals surface area (Å²) in [5.74, 6) is 2.05. The van der Waals surface area contributed by atoms with Crippen LogP contribution in [0.25, 0.3) is 10.9 Å². The Kier molecular flexibility index (Phi) is 4.93. The van der Waals surface area contributed by atoms with E-state index in [0.717, 1.165) is 62.6 Å². The number of pyridine rings is 1. The number of piperidine rings is 1. The zero-order chi connectivity index (χ0) is 20.5. The Hall–Kier alpha value is -3.24. The lowest BCUT2D eigenvalue weighted by Crippen LogP contribution is -2.44. The Balaban J connectivity index is 1.23. The SMILES string of the molecule is N#Cc1ccc(N2CCC(N3CCC(c4nc5ccccc5c(=O)[nH]4)C3)CC2)nc1. The van der Waals surface area contributed by atoms with Gasteiger partial charge in [0.1, 0.15) is 17.7 Å². The molecule has 1 N–H and O–H groups in total. The van der Waals surface area contributed by atoms with Gasteiger partial charge >= 0.3 is 0 Å². The molecule has 2 saturated heterocycles. The van der Waals surface area contributed by atoms with Crippen molar-refractivity contribution >= 4 is 16.7 Å². The Morgan fingerprint density at radius 2 is 1.90 bits per heavy atom. The first-order chi connectivity index (χ1) is 14.7. The number of fused-ring (bicyclic) bond motifs is 1. The molecule has 2 aliphatic heterocycles. The third kappa shape index (κ3) is 3.55. The predicted molar refractivity (Wildman–Crippen MR) is 115 cm³/mol. The molecule has 1 atom stereocenters. The van der Waals surface area contributed by atoms with E-state index in [-0.39, 0.29) is 11.5 Å². The lowest BCUT2D eigenvalue weighted by Gasteiger charge is -2.37. The highest BCUT2D eigenvalue weighted by atomic mass is 16.1. The van der Waals surface area contributed by atoms with Crippen LogP contribution in [0, 0.1) is 11.3 Å². The number of likely N-dealkylation sites (tertiary alicyclic amines) is 1. The number of anilines is 1. The topological polar surface area (TPSA) is 88.9 Å². The largest absolute Gasteiger partial charge is 0.357 e. The first-order valence-electron chi connectivity index (χ1n) is 10.6. The normalized spacial score (nSPS) is 20.5. The van der Waals surface area contributed by atoms with Gasteiger partial charge in [0, 0.05) is 37.8 Å². The van der Waals surface area contributed by atoms with Crippen LogP contribution in [0.5, 0.6) is 0 Å². The van der Waals surface area contributed by atoms with Gasteiger partial charge in [0.05, 0.1) is 16.5 Å². The van der Waals surface area contributed by atoms with Gasteiger partial charge in [-0.05, 0) is 50.1 Å². The summed E-state index contributed by atoms with van der Waals surface area (Å²) in [5, 5.41) is 9.59. The van der Waals surface area contributed by atoms with Gasteiger partial charge in [-0.15, -0.1) is 0 Å². The molecule has 3 aromatic rings. The summed E-state index contributed by atoms with van der Waals surface area (Å²) in [6.07, 6.45) is 4.86. The van der Waals surface area contributed by atoms with Gasteiger partial charge in [-0.25, -0.2) is 9.97 Å². The van der Waals surface area contributed by atoms with Crippen LogP contribution in [-0.4, -0.2) is 52.1 Å². The highest BCUT2D eigenvalue weighted by molar-refractivity contribution is 5.77. The minimum absolute atomic E-state index is 0.0442. The van der Waals surface area contributed by atoms with Crippen LogP contribution in [0.1, 0.15) is 36.6 Å². The molecule has 4 heterocycles. The molecule has 0 spiro atoms. The highest BCUT2D eigenvalue weighted by Gasteiger charge is 2.32. The van der Waals surface area contributed by atoms with Crippen LogP contribution < -0.4 is 10.5 Å². The summed E-state index contributed by atoms with van der Waals surface area (Å²) >= 11 is 0. The van der Waals surface area contributed by atoms with E-state index < -0.39 is 0 Å². The van der Waals surface area contributed by atoms with E-state index in [1.807, 2.05) is 36.4 Å². The van der Waals surface area contributed by atoms with Crippen LogP contribution in [0.4, 0.5) is 5.82 Å². The number of para-hydroxylation sites is 1. The van der Waals surface area contributed by atoms with E-state index in [4.69, 9.17) is 10.2 Å². The number of nitrogens with one attached hydrogen (secondary N) is 1. The first-order valence-corrected chi connectivity index (χ1v) is 10.6. The van der Waals surface area contributed by atoms with Gasteiger partial charge in [-0.2, -0.15) is 5.26 Å². The summed E-state index contributed by atoms with van der Waals surface area (Å²) in [4.78, 5) is 29.5. The molecule has 0 amide bonds. The number of hydrogen-bond acceptors (Lipinski definition) is 6. The van der Waals surface area contributed by atoms with E-state index in [0.29, 0.717) is 17.0 Å². The Bertz CT molecular complexity index is 1140. The summed E-state index contributed by atoms with van der Waals surface area (Å²) in [5.41, 5.74) is 1.33. The van der Waals surface area contributed by atoms with Gasteiger partial charge in [0.25, 0.3) is 5.56 Å². The standard InChI is InChI=1S/C23H24N6O/c24-13-16-5-6-21(25-14-16)28-11-8-18(9-12-28)29-10-7-17(15-29)22-26-20-4-2-1-3-19(20)23(30)27-22/h1-6,14,17-18H,7-12,15H2,(H,26,27,30). The first kappa shape index (κ1) is 18.8. The maximum Gasteiger partial charge on any atom is 0.258 e. The lowest BCUT2D eigenvalue weighted by molar-refractivity contribution is 0.205. The number of aromatic nitrogens is 3. The summed E-state index contributed by atoms with van der Waals surface area (Å²) in [6.45, 7) is 3.92. The van der Waals surface area contributed by atoms with E-state index in [1.165, 1.54) is 0 Å². The van der Waals surface area contributed by atoms with Crippen molar-refractivity contribution in [3.8, 4) is 6.07 Å². The molecule has 1 aromatic carbocycles. The molecule has 30 heavy (non-hydrogen) atoms. The third-order valence-corrected chi connectivity index (χ3v) is 6.42. The van der Waals surface area contributed by atoms with Gasteiger partial charge in [0.15, 0.2) is 0 Å². The second kappa shape index (κ2) is 7.88. The van der Waals surface area contributed by atoms with E-state index in [2.05, 4.69) is 25.8 Å². The number of aromatic amines is 1. The van der Waals surface area contributed by atoms with Crippen LogP contribution in [-0.2, 0) is 0 Å². The second-order valence-electron chi connectivity index (χ2n) is 8.18. The summed E-state index contributed by atoms with van der Waals surface area (Å²) < 4.78 is 0. The average Bonchev–Trinajstić information content (AvgIpc) is 3.30. The molecule has 2 fully saturated rings. The van der Waals surface area contributed by atoms with Gasteiger partial charge in [0.2, 0.25) is 0 Å². The van der Waals surface area contributed by atoms with Crippen LogP contribution in [0.3, 0.4) is 0 Å². The van der Waals surface area contributed by atoms with E-state index >= 15 is 0 Å². The van der Waals surface area contributed by atoms with Crippen molar-refractivity contribution in [2.24, 2.45) is 0 Å². The van der Waals surface area contributed by atoms with Crippen LogP contribution in [0.15, 0.2) is 47.4 Å². The van der Waals surface area contributed by atoms with Gasteiger partial charge in [-0.1, -0.05) is 12.1 Å². The van der Waals surface area contributed by atoms with Crippen molar-refractivity contribution in [3.05, 3.63) is 64.3 Å². The van der Waals surface area contributed by atoms with Crippen molar-refractivity contribution in [1.29, 1.82) is 5.26 Å². The second-order valence-corrected chi connectivity index (χ2v) is 8.18. The number of nitrogens with zero attached hydrogens (tertiary/aromatic N) is 5. The fourth-order valence-corrected chi connectivity index (χ4v) is 4.74. The van der Waals surface area contributed by atoms with Crippen molar-refractivity contribution in [2.45, 2.75) is 31.2 Å². The Morgan fingerprint density at radius 1 is 1.07 bits per heavy atom. The molecule has 0 aliphatic carbocycles. The highest BCUT2D eigenvalue weighted by Crippen LogP contribution is 2.30.